The molecule has 0 radical (unpaired) electrons. The predicted molar refractivity (Wildman–Crippen MR) is 110 cm³/mol. The molecule has 0 amide bonds. The Kier molecular flexibility index (Phi) is 4.40. The molecule has 28 heavy (non-hydrogen) atoms. The smallest absolute Gasteiger partial charge is 0.344 e. The normalized spacial score (nSPS) is 11.0. The average molecular weight is 369 g/mol. The largest absolute Gasteiger partial charge is 0.422 e. The summed E-state index contributed by atoms with van der Waals surface area (Å²) < 4.78 is 5.85. The molecule has 0 aliphatic rings. The van der Waals surface area contributed by atoms with Gasteiger partial charge in [-0.3, -0.25) is 4.79 Å². The number of Topliss-reactive ketones (excluding diaryl/α,β-unsaturated/α-hetero) is 1. The van der Waals surface area contributed by atoms with Crippen molar-refractivity contribution in [1.29, 1.82) is 0 Å². The third-order valence-corrected chi connectivity index (χ3v) is 4.97. The number of aromatic nitrogens is 1. The number of ether oxygens (including phenoxy) is 1. The maximum atomic E-state index is 13.3. The van der Waals surface area contributed by atoms with Gasteiger partial charge in [0.05, 0.1) is 16.6 Å². The Balaban J connectivity index is 1.91. The SMILES string of the molecule is CC(=O)c1ccc(C)c(OC(=O)c2c3ccccc3nc3ccccc23)c1C. The molecule has 4 rings (SSSR count). The van der Waals surface area contributed by atoms with E-state index in [0.717, 1.165) is 27.4 Å². The van der Waals surface area contributed by atoms with Crippen LogP contribution in [0.2, 0.25) is 0 Å². The van der Waals surface area contributed by atoms with Crippen molar-refractivity contribution >= 4 is 33.6 Å². The van der Waals surface area contributed by atoms with Crippen molar-refractivity contribution in [2.24, 2.45) is 0 Å². The number of fused-ring (bicyclic) bond motifs is 2. The van der Waals surface area contributed by atoms with Gasteiger partial charge in [0.2, 0.25) is 0 Å². The predicted octanol–water partition coefficient (Wildman–Crippen LogP) is 5.43. The topological polar surface area (TPSA) is 56.3 Å². The Morgan fingerprint density at radius 1 is 0.821 bits per heavy atom. The Hall–Kier alpha value is -3.53. The van der Waals surface area contributed by atoms with E-state index in [2.05, 4.69) is 4.98 Å². The molecule has 0 N–H and O–H groups in total. The van der Waals surface area contributed by atoms with Gasteiger partial charge in [-0.25, -0.2) is 9.78 Å². The summed E-state index contributed by atoms with van der Waals surface area (Å²) in [5.74, 6) is -0.0843. The second kappa shape index (κ2) is 6.89. The highest BCUT2D eigenvalue weighted by molar-refractivity contribution is 6.15. The number of nitrogens with zero attached hydrogens (tertiary/aromatic N) is 1. The van der Waals surface area contributed by atoms with Gasteiger partial charge >= 0.3 is 5.97 Å². The van der Waals surface area contributed by atoms with Gasteiger partial charge in [-0.2, -0.15) is 0 Å². The number of esters is 1. The molecule has 0 unspecified atom stereocenters. The molecular weight excluding hydrogens is 350 g/mol. The van der Waals surface area contributed by atoms with Crippen LogP contribution in [0.4, 0.5) is 0 Å². The van der Waals surface area contributed by atoms with Gasteiger partial charge in [-0.05, 0) is 38.5 Å². The third kappa shape index (κ3) is 2.93. The van der Waals surface area contributed by atoms with Crippen LogP contribution in [0.25, 0.3) is 21.8 Å². The summed E-state index contributed by atoms with van der Waals surface area (Å²) in [7, 11) is 0. The van der Waals surface area contributed by atoms with E-state index >= 15 is 0 Å². The fraction of sp³-hybridized carbons (Fsp3) is 0.125. The van der Waals surface area contributed by atoms with Crippen molar-refractivity contribution in [2.45, 2.75) is 20.8 Å². The van der Waals surface area contributed by atoms with Crippen molar-refractivity contribution in [2.75, 3.05) is 0 Å². The first-order valence-electron chi connectivity index (χ1n) is 9.08. The van der Waals surface area contributed by atoms with Crippen LogP contribution in [-0.2, 0) is 0 Å². The average Bonchev–Trinajstić information content (AvgIpc) is 2.68. The lowest BCUT2D eigenvalue weighted by molar-refractivity contribution is 0.0735. The van der Waals surface area contributed by atoms with Crippen molar-refractivity contribution < 1.29 is 14.3 Å². The lowest BCUT2D eigenvalue weighted by atomic mass is 10.0. The third-order valence-electron chi connectivity index (χ3n) is 4.97. The zero-order valence-electron chi connectivity index (χ0n) is 15.9. The van der Waals surface area contributed by atoms with Gasteiger partial charge in [-0.15, -0.1) is 0 Å². The fourth-order valence-electron chi connectivity index (χ4n) is 3.57. The Labute approximate surface area is 162 Å². The van der Waals surface area contributed by atoms with Crippen molar-refractivity contribution in [3.63, 3.8) is 0 Å². The number of hydrogen-bond acceptors (Lipinski definition) is 4. The quantitative estimate of drug-likeness (QED) is 0.209. The van der Waals surface area contributed by atoms with Crippen LogP contribution >= 0.6 is 0 Å². The number of aryl methyl sites for hydroxylation is 1. The van der Waals surface area contributed by atoms with E-state index in [1.165, 1.54) is 6.92 Å². The van der Waals surface area contributed by atoms with Gasteiger partial charge < -0.3 is 4.74 Å². The van der Waals surface area contributed by atoms with Gasteiger partial charge in [0.15, 0.2) is 5.78 Å². The minimum absolute atomic E-state index is 0.0605. The van der Waals surface area contributed by atoms with Crippen LogP contribution in [0.5, 0.6) is 5.75 Å². The molecule has 0 saturated heterocycles. The zero-order chi connectivity index (χ0) is 19.8. The number of carbonyl (C=O) groups is 2. The molecule has 4 aromatic rings. The van der Waals surface area contributed by atoms with E-state index in [-0.39, 0.29) is 5.78 Å². The summed E-state index contributed by atoms with van der Waals surface area (Å²) in [5, 5.41) is 1.48. The number of carbonyl (C=O) groups excluding carboxylic acids is 2. The molecule has 1 heterocycles. The van der Waals surface area contributed by atoms with Crippen LogP contribution < -0.4 is 4.74 Å². The summed E-state index contributed by atoms with van der Waals surface area (Å²) >= 11 is 0. The molecule has 1 aromatic heterocycles. The van der Waals surface area contributed by atoms with E-state index in [0.29, 0.717) is 22.4 Å². The lowest BCUT2D eigenvalue weighted by Gasteiger charge is -2.15. The summed E-state index contributed by atoms with van der Waals surface area (Å²) in [6, 6.07) is 18.6. The first-order valence-corrected chi connectivity index (χ1v) is 9.08. The Bertz CT molecular complexity index is 1200. The van der Waals surface area contributed by atoms with Crippen molar-refractivity contribution in [1.82, 2.24) is 4.98 Å². The molecule has 3 aromatic carbocycles. The van der Waals surface area contributed by atoms with E-state index in [4.69, 9.17) is 4.74 Å². The number of para-hydroxylation sites is 2. The Morgan fingerprint density at radius 3 is 1.96 bits per heavy atom. The molecule has 138 valence electrons. The number of rotatable bonds is 3. The summed E-state index contributed by atoms with van der Waals surface area (Å²) in [6.07, 6.45) is 0. The molecule has 4 heteroatoms. The minimum Gasteiger partial charge on any atom is -0.422 e. The zero-order valence-corrected chi connectivity index (χ0v) is 15.9. The van der Waals surface area contributed by atoms with Crippen LogP contribution in [0.15, 0.2) is 60.7 Å². The standard InChI is InChI=1S/C24H19NO3/c1-14-12-13-17(16(3)26)15(2)23(14)28-24(27)22-18-8-4-6-10-20(18)25-21-11-7-5-9-19(21)22/h4-13H,1-3H3. The molecule has 0 saturated carbocycles. The summed E-state index contributed by atoms with van der Waals surface area (Å²) in [6.45, 7) is 5.17. The summed E-state index contributed by atoms with van der Waals surface area (Å²) in [4.78, 5) is 29.8. The first kappa shape index (κ1) is 17.9. The molecular formula is C24H19NO3. The highest BCUT2D eigenvalue weighted by atomic mass is 16.5. The Morgan fingerprint density at radius 2 is 1.39 bits per heavy atom. The second-order valence-electron chi connectivity index (χ2n) is 6.85. The molecule has 4 nitrogen and oxygen atoms in total. The second-order valence-corrected chi connectivity index (χ2v) is 6.85. The maximum Gasteiger partial charge on any atom is 0.344 e. The molecule has 0 atom stereocenters. The van der Waals surface area contributed by atoms with Gasteiger partial charge in [0, 0.05) is 21.9 Å². The van der Waals surface area contributed by atoms with Gasteiger partial charge in [-0.1, -0.05) is 48.5 Å². The van der Waals surface area contributed by atoms with Gasteiger partial charge in [0.1, 0.15) is 5.75 Å². The molecule has 0 bridgehead atoms. The van der Waals surface area contributed by atoms with Gasteiger partial charge in [0.25, 0.3) is 0 Å². The number of pyridine rings is 1. The minimum atomic E-state index is -0.457. The molecule has 0 fully saturated rings. The number of ketones is 1. The summed E-state index contributed by atoms with van der Waals surface area (Å²) in [5.41, 5.74) is 3.98. The van der Waals surface area contributed by atoms with E-state index in [9.17, 15) is 9.59 Å². The molecule has 0 aliphatic heterocycles. The highest BCUT2D eigenvalue weighted by Crippen LogP contribution is 2.31. The van der Waals surface area contributed by atoms with Crippen LogP contribution in [0, 0.1) is 13.8 Å². The highest BCUT2D eigenvalue weighted by Gasteiger charge is 2.21. The first-order chi connectivity index (χ1) is 13.5. The molecule has 0 spiro atoms. The van der Waals surface area contributed by atoms with E-state index < -0.39 is 5.97 Å². The fourth-order valence-corrected chi connectivity index (χ4v) is 3.57. The monoisotopic (exact) mass is 369 g/mol. The number of hydrogen-bond donors (Lipinski definition) is 0. The number of benzene rings is 3. The van der Waals surface area contributed by atoms with E-state index in [1.54, 1.807) is 19.1 Å². The van der Waals surface area contributed by atoms with Crippen LogP contribution in [0.1, 0.15) is 38.8 Å². The van der Waals surface area contributed by atoms with Crippen LogP contribution in [-0.4, -0.2) is 16.7 Å². The maximum absolute atomic E-state index is 13.3. The molecule has 0 aliphatic carbocycles. The van der Waals surface area contributed by atoms with Crippen molar-refractivity contribution in [3.8, 4) is 5.75 Å². The van der Waals surface area contributed by atoms with Crippen LogP contribution in [0.3, 0.4) is 0 Å². The van der Waals surface area contributed by atoms with E-state index in [1.807, 2.05) is 55.5 Å². The van der Waals surface area contributed by atoms with Crippen molar-refractivity contribution in [3.05, 3.63) is 82.9 Å². The lowest BCUT2D eigenvalue weighted by Crippen LogP contribution is -2.13.